The predicted molar refractivity (Wildman–Crippen MR) is 129 cm³/mol. The lowest BCUT2D eigenvalue weighted by Gasteiger charge is -2.40. The van der Waals surface area contributed by atoms with Crippen LogP contribution in [0.1, 0.15) is 140 Å². The predicted octanol–water partition coefficient (Wildman–Crippen LogP) is 10.5. The Bertz CT molecular complexity index is 709. The van der Waals surface area contributed by atoms with Crippen molar-refractivity contribution in [3.05, 3.63) is 35.1 Å². The van der Waals surface area contributed by atoms with Gasteiger partial charge in [-0.3, -0.25) is 0 Å². The van der Waals surface area contributed by atoms with Crippen LogP contribution in [0.15, 0.2) is 18.2 Å². The topological polar surface area (TPSA) is 0 Å². The van der Waals surface area contributed by atoms with Crippen molar-refractivity contribution in [2.75, 3.05) is 0 Å². The number of benzene rings is 1. The van der Waals surface area contributed by atoms with Gasteiger partial charge in [0.05, 0.1) is 5.56 Å². The minimum atomic E-state index is -4.63. The maximum Gasteiger partial charge on any atom is 0.419 e. The van der Waals surface area contributed by atoms with E-state index in [1.54, 1.807) is 6.07 Å². The van der Waals surface area contributed by atoms with Gasteiger partial charge in [0.25, 0.3) is 0 Å². The molecule has 3 rings (SSSR count). The van der Waals surface area contributed by atoms with Gasteiger partial charge in [-0.25, -0.2) is 4.39 Å². The lowest BCUT2D eigenvalue weighted by Crippen LogP contribution is -2.30. The van der Waals surface area contributed by atoms with E-state index < -0.39 is 17.6 Å². The van der Waals surface area contributed by atoms with Crippen molar-refractivity contribution in [3.63, 3.8) is 0 Å². The molecule has 0 bridgehead atoms. The van der Waals surface area contributed by atoms with Crippen LogP contribution in [0.5, 0.6) is 0 Å². The second-order valence-electron chi connectivity index (χ2n) is 11.1. The zero-order valence-electron chi connectivity index (χ0n) is 20.7. The molecule has 0 radical (unpaired) electrons. The molecule has 0 heterocycles. The zero-order valence-corrected chi connectivity index (χ0v) is 20.7. The highest BCUT2D eigenvalue weighted by Gasteiger charge is 2.38. The average Bonchev–Trinajstić information content (AvgIpc) is 2.80. The third-order valence-electron chi connectivity index (χ3n) is 8.78. The smallest absolute Gasteiger partial charge is 0.206 e. The Hall–Kier alpha value is -1.06. The van der Waals surface area contributed by atoms with Gasteiger partial charge in [-0.1, -0.05) is 90.0 Å². The zero-order chi connectivity index (χ0) is 23.8. The van der Waals surface area contributed by atoms with Gasteiger partial charge in [0.15, 0.2) is 0 Å². The summed E-state index contributed by atoms with van der Waals surface area (Å²) < 4.78 is 53.6. The van der Waals surface area contributed by atoms with Crippen molar-refractivity contribution in [3.8, 4) is 0 Å². The van der Waals surface area contributed by atoms with E-state index in [-0.39, 0.29) is 5.41 Å². The fraction of sp³-hybridized carbons (Fsp3) is 0.793. The first-order valence-electron chi connectivity index (χ1n) is 13.7. The number of hydrogen-bond donors (Lipinski definition) is 0. The fourth-order valence-electron chi connectivity index (χ4n) is 6.80. The Labute approximate surface area is 198 Å². The van der Waals surface area contributed by atoms with Gasteiger partial charge in [0.2, 0.25) is 0 Å². The Morgan fingerprint density at radius 3 is 1.88 bits per heavy atom. The lowest BCUT2D eigenvalue weighted by molar-refractivity contribution is -0.140. The number of unbranched alkanes of at least 4 members (excludes halogenated alkanes) is 4. The SMILES string of the molecule is CCCCCCC1(CCCCC2(c3ccc(C(F)(F)F)c(F)c3)CCCCC2)CCCCC1. The van der Waals surface area contributed by atoms with Crippen LogP contribution in [-0.2, 0) is 11.6 Å². The quantitative estimate of drug-likeness (QED) is 0.224. The van der Waals surface area contributed by atoms with E-state index in [2.05, 4.69) is 6.92 Å². The van der Waals surface area contributed by atoms with E-state index in [9.17, 15) is 17.6 Å². The van der Waals surface area contributed by atoms with E-state index in [0.717, 1.165) is 50.2 Å². The summed E-state index contributed by atoms with van der Waals surface area (Å²) in [6.45, 7) is 2.26. The normalized spacial score (nSPS) is 20.6. The van der Waals surface area contributed by atoms with E-state index in [0.29, 0.717) is 5.41 Å². The van der Waals surface area contributed by atoms with E-state index >= 15 is 0 Å². The minimum absolute atomic E-state index is 0.149. The lowest BCUT2D eigenvalue weighted by atomic mass is 9.65. The minimum Gasteiger partial charge on any atom is -0.206 e. The first kappa shape index (κ1) is 26.5. The Balaban J connectivity index is 1.63. The summed E-state index contributed by atoms with van der Waals surface area (Å²) in [5, 5.41) is 0. The van der Waals surface area contributed by atoms with E-state index in [4.69, 9.17) is 0 Å². The third kappa shape index (κ3) is 7.21. The Morgan fingerprint density at radius 2 is 1.30 bits per heavy atom. The summed E-state index contributed by atoms with van der Waals surface area (Å²) in [6, 6.07) is 3.73. The maximum absolute atomic E-state index is 14.4. The van der Waals surface area contributed by atoms with E-state index in [1.165, 1.54) is 89.5 Å². The molecule has 0 atom stereocenters. The van der Waals surface area contributed by atoms with Crippen LogP contribution in [-0.4, -0.2) is 0 Å². The number of halogens is 4. The molecule has 0 aromatic heterocycles. The van der Waals surface area contributed by atoms with Crippen LogP contribution in [0.4, 0.5) is 17.6 Å². The van der Waals surface area contributed by atoms with Crippen LogP contribution in [0.3, 0.4) is 0 Å². The maximum atomic E-state index is 14.4. The summed E-state index contributed by atoms with van der Waals surface area (Å²) in [7, 11) is 0. The van der Waals surface area contributed by atoms with Gasteiger partial charge in [-0.15, -0.1) is 0 Å². The van der Waals surface area contributed by atoms with Gasteiger partial charge in [-0.2, -0.15) is 13.2 Å². The van der Waals surface area contributed by atoms with Crippen LogP contribution in [0, 0.1) is 11.2 Å². The first-order valence-corrected chi connectivity index (χ1v) is 13.7. The molecule has 2 aliphatic carbocycles. The molecule has 0 saturated heterocycles. The highest BCUT2D eigenvalue weighted by molar-refractivity contribution is 5.32. The van der Waals surface area contributed by atoms with Gasteiger partial charge < -0.3 is 0 Å². The van der Waals surface area contributed by atoms with Gasteiger partial charge >= 0.3 is 6.18 Å². The Kier molecular flexibility index (Phi) is 9.71. The molecular formula is C29H44F4. The standard InChI is InChI=1S/C29H44F4/c1-2-3-4-7-16-27(17-8-5-9-18-27)19-12-13-22-28(20-10-6-11-21-28)24-14-15-25(26(30)23-24)29(31,32)33/h14-15,23H,2-13,16-22H2,1H3. The van der Waals surface area contributed by atoms with Gasteiger partial charge in [-0.05, 0) is 73.5 Å². The average molecular weight is 469 g/mol. The van der Waals surface area contributed by atoms with Crippen molar-refractivity contribution in [2.45, 2.75) is 141 Å². The molecule has 2 saturated carbocycles. The molecule has 0 amide bonds. The monoisotopic (exact) mass is 468 g/mol. The molecule has 1 aromatic carbocycles. The number of hydrogen-bond acceptors (Lipinski definition) is 0. The Morgan fingerprint density at radius 1 is 0.727 bits per heavy atom. The first-order chi connectivity index (χ1) is 15.8. The molecule has 33 heavy (non-hydrogen) atoms. The van der Waals surface area contributed by atoms with Crippen molar-refractivity contribution in [1.29, 1.82) is 0 Å². The molecule has 0 N–H and O–H groups in total. The summed E-state index contributed by atoms with van der Waals surface area (Å²) in [5.41, 5.74) is 0.0233. The van der Waals surface area contributed by atoms with Crippen LogP contribution in [0.25, 0.3) is 0 Å². The number of alkyl halides is 3. The summed E-state index contributed by atoms with van der Waals surface area (Å²) in [6.07, 6.45) is 18.7. The molecule has 4 heteroatoms. The third-order valence-corrected chi connectivity index (χ3v) is 8.78. The van der Waals surface area contributed by atoms with Gasteiger partial charge in [0.1, 0.15) is 5.82 Å². The molecule has 0 aliphatic heterocycles. The van der Waals surface area contributed by atoms with Crippen molar-refractivity contribution in [1.82, 2.24) is 0 Å². The molecule has 0 unspecified atom stereocenters. The fourth-order valence-corrected chi connectivity index (χ4v) is 6.80. The molecule has 0 nitrogen and oxygen atoms in total. The second-order valence-corrected chi connectivity index (χ2v) is 11.1. The van der Waals surface area contributed by atoms with E-state index in [1.807, 2.05) is 0 Å². The van der Waals surface area contributed by atoms with Crippen LogP contribution >= 0.6 is 0 Å². The molecule has 1 aromatic rings. The summed E-state index contributed by atoms with van der Waals surface area (Å²) in [4.78, 5) is 0. The van der Waals surface area contributed by atoms with Crippen molar-refractivity contribution in [2.24, 2.45) is 5.41 Å². The van der Waals surface area contributed by atoms with Gasteiger partial charge in [0, 0.05) is 0 Å². The second kappa shape index (κ2) is 12.1. The molecule has 188 valence electrons. The molecule has 0 spiro atoms. The number of rotatable bonds is 11. The molecule has 2 aliphatic rings. The van der Waals surface area contributed by atoms with Crippen molar-refractivity contribution >= 4 is 0 Å². The molecular weight excluding hydrogens is 424 g/mol. The molecule has 2 fully saturated rings. The van der Waals surface area contributed by atoms with Crippen molar-refractivity contribution < 1.29 is 17.6 Å². The highest BCUT2D eigenvalue weighted by atomic mass is 19.4. The largest absolute Gasteiger partial charge is 0.419 e. The summed E-state index contributed by atoms with van der Waals surface area (Å²) >= 11 is 0. The summed E-state index contributed by atoms with van der Waals surface area (Å²) in [5.74, 6) is -1.11. The highest BCUT2D eigenvalue weighted by Crippen LogP contribution is 2.47. The van der Waals surface area contributed by atoms with Crippen LogP contribution < -0.4 is 0 Å². The van der Waals surface area contributed by atoms with Crippen LogP contribution in [0.2, 0.25) is 0 Å².